The molecule has 0 aromatic carbocycles. The number of hydrogen-bond donors (Lipinski definition) is 1. The van der Waals surface area contributed by atoms with Gasteiger partial charge >= 0.3 is 5.97 Å². The van der Waals surface area contributed by atoms with Crippen molar-refractivity contribution in [1.82, 2.24) is 0 Å². The molecule has 0 rings (SSSR count). The smallest absolute Gasteiger partial charge is 0.308 e. The molecule has 3 heteroatoms. The van der Waals surface area contributed by atoms with Crippen LogP contribution >= 0.6 is 0 Å². The van der Waals surface area contributed by atoms with E-state index in [0.717, 1.165) is 51.4 Å². The Morgan fingerprint density at radius 2 is 1.15 bits per heavy atom. The van der Waals surface area contributed by atoms with Gasteiger partial charge in [0, 0.05) is 6.61 Å². The van der Waals surface area contributed by atoms with E-state index in [9.17, 15) is 4.79 Å². The molecule has 3 nitrogen and oxygen atoms in total. The van der Waals surface area contributed by atoms with Gasteiger partial charge in [0.25, 0.3) is 0 Å². The van der Waals surface area contributed by atoms with Crippen LogP contribution in [-0.2, 0) is 9.53 Å². The van der Waals surface area contributed by atoms with Crippen molar-refractivity contribution in [3.63, 3.8) is 0 Å². The Bertz CT molecular complexity index is 291. The van der Waals surface area contributed by atoms with Gasteiger partial charge in [-0.3, -0.25) is 4.79 Å². The third-order valence-electron chi connectivity index (χ3n) is 5.19. The van der Waals surface area contributed by atoms with Gasteiger partial charge in [0.1, 0.15) is 0 Å². The van der Waals surface area contributed by atoms with Gasteiger partial charge in [0.2, 0.25) is 0 Å². The van der Waals surface area contributed by atoms with E-state index < -0.39 is 0 Å². The third kappa shape index (κ3) is 16.9. The van der Waals surface area contributed by atoms with Gasteiger partial charge in [-0.15, -0.1) is 0 Å². The highest BCUT2D eigenvalue weighted by Crippen LogP contribution is 2.21. The molecule has 0 radical (unpaired) electrons. The highest BCUT2D eigenvalue weighted by molar-refractivity contribution is 5.72. The van der Waals surface area contributed by atoms with Crippen molar-refractivity contribution in [3.05, 3.63) is 0 Å². The highest BCUT2D eigenvalue weighted by Gasteiger charge is 2.19. The van der Waals surface area contributed by atoms with Crippen LogP contribution < -0.4 is 0 Å². The second-order valence-electron chi connectivity index (χ2n) is 7.76. The first-order valence-corrected chi connectivity index (χ1v) is 11.5. The first-order valence-electron chi connectivity index (χ1n) is 11.5. The lowest BCUT2D eigenvalue weighted by atomic mass is 9.94. The van der Waals surface area contributed by atoms with Crippen LogP contribution in [0, 0.1) is 5.92 Å². The van der Waals surface area contributed by atoms with Crippen molar-refractivity contribution in [3.8, 4) is 0 Å². The molecule has 0 saturated carbocycles. The summed E-state index contributed by atoms with van der Waals surface area (Å²) < 4.78 is 5.56. The molecule has 0 aliphatic carbocycles. The summed E-state index contributed by atoms with van der Waals surface area (Å²) in [4.78, 5) is 12.5. The SMILES string of the molecule is CCCCCCCCC(CCCCCCC)C(=O)OCCCCCCO. The zero-order valence-electron chi connectivity index (χ0n) is 17.8. The minimum absolute atomic E-state index is 0.0382. The molecule has 0 aromatic heterocycles. The van der Waals surface area contributed by atoms with Crippen LogP contribution in [0.3, 0.4) is 0 Å². The zero-order valence-corrected chi connectivity index (χ0v) is 17.8. The van der Waals surface area contributed by atoms with Gasteiger partial charge in [-0.2, -0.15) is 0 Å². The normalized spacial score (nSPS) is 12.3. The van der Waals surface area contributed by atoms with E-state index in [-0.39, 0.29) is 18.5 Å². The van der Waals surface area contributed by atoms with Gasteiger partial charge in [-0.1, -0.05) is 90.9 Å². The van der Waals surface area contributed by atoms with Crippen molar-refractivity contribution in [2.45, 2.75) is 123 Å². The topological polar surface area (TPSA) is 46.5 Å². The minimum Gasteiger partial charge on any atom is -0.465 e. The van der Waals surface area contributed by atoms with Crippen molar-refractivity contribution in [2.24, 2.45) is 5.92 Å². The molecular formula is C23H46O3. The Kier molecular flexibility index (Phi) is 20.3. The standard InChI is InChI=1S/C23H46O3/c1-3-5-7-9-11-15-19-22(18-14-10-8-6-4-2)23(25)26-21-17-13-12-16-20-24/h22,24H,3-21H2,1-2H3. The number of esters is 1. The highest BCUT2D eigenvalue weighted by atomic mass is 16.5. The van der Waals surface area contributed by atoms with Gasteiger partial charge in [-0.25, -0.2) is 0 Å². The molecule has 0 amide bonds. The largest absolute Gasteiger partial charge is 0.465 e. The Labute approximate surface area is 163 Å². The van der Waals surface area contributed by atoms with E-state index in [0.29, 0.717) is 6.61 Å². The average molecular weight is 371 g/mol. The molecule has 26 heavy (non-hydrogen) atoms. The first kappa shape index (κ1) is 25.4. The van der Waals surface area contributed by atoms with Gasteiger partial charge in [0.05, 0.1) is 12.5 Å². The van der Waals surface area contributed by atoms with Gasteiger partial charge in [0.15, 0.2) is 0 Å². The Balaban J connectivity index is 4.00. The van der Waals surface area contributed by atoms with E-state index in [4.69, 9.17) is 9.84 Å². The fourth-order valence-corrected chi connectivity index (χ4v) is 3.40. The van der Waals surface area contributed by atoms with Crippen LogP contribution in [0.5, 0.6) is 0 Å². The maximum atomic E-state index is 12.5. The van der Waals surface area contributed by atoms with Crippen molar-refractivity contribution >= 4 is 5.97 Å². The maximum absolute atomic E-state index is 12.5. The summed E-state index contributed by atoms with van der Waals surface area (Å²) >= 11 is 0. The number of carbonyl (C=O) groups is 1. The number of carbonyl (C=O) groups excluding carboxylic acids is 1. The molecule has 0 aromatic rings. The zero-order chi connectivity index (χ0) is 19.3. The summed E-state index contributed by atoms with van der Waals surface area (Å²) in [5.74, 6) is 0.149. The average Bonchev–Trinajstić information content (AvgIpc) is 2.65. The van der Waals surface area contributed by atoms with Crippen LogP contribution in [-0.4, -0.2) is 24.3 Å². The molecular weight excluding hydrogens is 324 g/mol. The monoisotopic (exact) mass is 370 g/mol. The van der Waals surface area contributed by atoms with Crippen LogP contribution in [0.2, 0.25) is 0 Å². The van der Waals surface area contributed by atoms with Gasteiger partial charge in [-0.05, 0) is 32.1 Å². The maximum Gasteiger partial charge on any atom is 0.308 e. The summed E-state index contributed by atoms with van der Waals surface area (Å²) in [5.41, 5.74) is 0. The summed E-state index contributed by atoms with van der Waals surface area (Å²) in [6, 6.07) is 0. The van der Waals surface area contributed by atoms with Crippen molar-refractivity contribution in [2.75, 3.05) is 13.2 Å². The third-order valence-corrected chi connectivity index (χ3v) is 5.19. The lowest BCUT2D eigenvalue weighted by molar-refractivity contribution is -0.149. The summed E-state index contributed by atoms with van der Waals surface area (Å²) in [6.45, 7) is 5.29. The fourth-order valence-electron chi connectivity index (χ4n) is 3.40. The lowest BCUT2D eigenvalue weighted by Gasteiger charge is -2.16. The number of hydrogen-bond acceptors (Lipinski definition) is 3. The molecule has 0 bridgehead atoms. The first-order chi connectivity index (χ1) is 12.8. The Hall–Kier alpha value is -0.570. The molecule has 1 N–H and O–H groups in total. The number of aliphatic hydroxyl groups is 1. The molecule has 1 unspecified atom stereocenters. The molecule has 0 fully saturated rings. The van der Waals surface area contributed by atoms with E-state index in [1.807, 2.05) is 0 Å². The number of rotatable bonds is 20. The van der Waals surface area contributed by atoms with Crippen molar-refractivity contribution < 1.29 is 14.6 Å². The van der Waals surface area contributed by atoms with Crippen LogP contribution in [0.1, 0.15) is 123 Å². The Morgan fingerprint density at radius 1 is 0.692 bits per heavy atom. The predicted molar refractivity (Wildman–Crippen MR) is 111 cm³/mol. The van der Waals surface area contributed by atoms with Crippen molar-refractivity contribution in [1.29, 1.82) is 0 Å². The van der Waals surface area contributed by atoms with Crippen LogP contribution in [0.25, 0.3) is 0 Å². The quantitative estimate of drug-likeness (QED) is 0.189. The molecule has 0 saturated heterocycles. The number of ether oxygens (including phenoxy) is 1. The van der Waals surface area contributed by atoms with E-state index >= 15 is 0 Å². The summed E-state index contributed by atoms with van der Waals surface area (Å²) in [7, 11) is 0. The van der Waals surface area contributed by atoms with Crippen LogP contribution in [0.4, 0.5) is 0 Å². The molecule has 0 spiro atoms. The molecule has 156 valence electrons. The predicted octanol–water partition coefficient (Wildman–Crippen LogP) is 6.81. The fraction of sp³-hybridized carbons (Fsp3) is 0.957. The number of unbranched alkanes of at least 4 members (excludes halogenated alkanes) is 12. The van der Waals surface area contributed by atoms with Gasteiger partial charge < -0.3 is 9.84 Å². The van der Waals surface area contributed by atoms with E-state index in [1.54, 1.807) is 0 Å². The molecule has 0 aliphatic heterocycles. The van der Waals surface area contributed by atoms with E-state index in [2.05, 4.69) is 13.8 Å². The summed E-state index contributed by atoms with van der Waals surface area (Å²) in [5, 5.41) is 8.79. The molecule has 0 heterocycles. The second kappa shape index (κ2) is 20.7. The van der Waals surface area contributed by atoms with Crippen LogP contribution in [0.15, 0.2) is 0 Å². The lowest BCUT2D eigenvalue weighted by Crippen LogP contribution is -2.18. The second-order valence-corrected chi connectivity index (χ2v) is 7.76. The van der Waals surface area contributed by atoms with E-state index in [1.165, 1.54) is 57.8 Å². The minimum atomic E-state index is 0.0382. The number of aliphatic hydroxyl groups excluding tert-OH is 1. The molecule has 0 aliphatic rings. The summed E-state index contributed by atoms with van der Waals surface area (Å²) in [6.07, 6.45) is 19.8. The Morgan fingerprint density at radius 3 is 1.69 bits per heavy atom. The molecule has 1 atom stereocenters.